The molecule has 20 heavy (non-hydrogen) atoms. The average Bonchev–Trinajstić information content (AvgIpc) is 3.03. The highest BCUT2D eigenvalue weighted by molar-refractivity contribution is 4.98. The maximum absolute atomic E-state index is 5.78. The third-order valence-electron chi connectivity index (χ3n) is 5.37. The summed E-state index contributed by atoms with van der Waals surface area (Å²) in [6.07, 6.45) is 12.1. The smallest absolute Gasteiger partial charge is 0.109 e. The fourth-order valence-electron chi connectivity index (χ4n) is 4.29. The second-order valence-corrected chi connectivity index (χ2v) is 6.56. The first kappa shape index (κ1) is 14.1. The highest BCUT2D eigenvalue weighted by Gasteiger charge is 2.45. The van der Waals surface area contributed by atoms with Crippen LogP contribution in [-0.4, -0.2) is 47.3 Å². The Bertz CT molecular complexity index is 445. The molecular weight excluding hydrogens is 250 g/mol. The molecule has 0 N–H and O–H groups in total. The molecule has 2 fully saturated rings. The van der Waals surface area contributed by atoms with Crippen molar-refractivity contribution in [2.45, 2.75) is 44.6 Å². The van der Waals surface area contributed by atoms with Gasteiger partial charge in [0, 0.05) is 51.5 Å². The number of aryl methyl sites for hydroxylation is 1. The Morgan fingerprint density at radius 3 is 3.00 bits per heavy atom. The predicted octanol–water partition coefficient (Wildman–Crippen LogP) is 2.24. The zero-order valence-electron chi connectivity index (χ0n) is 12.8. The number of likely N-dealkylation sites (tertiary alicyclic amines) is 1. The van der Waals surface area contributed by atoms with E-state index in [1.807, 2.05) is 19.5 Å². The van der Waals surface area contributed by atoms with Crippen LogP contribution < -0.4 is 0 Å². The van der Waals surface area contributed by atoms with Crippen LogP contribution in [0.15, 0.2) is 12.4 Å². The van der Waals surface area contributed by atoms with Crippen molar-refractivity contribution in [3.63, 3.8) is 0 Å². The molecule has 1 saturated heterocycles. The summed E-state index contributed by atoms with van der Waals surface area (Å²) in [5, 5.41) is 0. The van der Waals surface area contributed by atoms with Crippen molar-refractivity contribution in [3.8, 4) is 0 Å². The Kier molecular flexibility index (Phi) is 4.13. The van der Waals surface area contributed by atoms with Crippen molar-refractivity contribution >= 4 is 0 Å². The van der Waals surface area contributed by atoms with E-state index in [1.165, 1.54) is 51.0 Å². The van der Waals surface area contributed by atoms with E-state index in [-0.39, 0.29) is 0 Å². The zero-order valence-corrected chi connectivity index (χ0v) is 12.8. The van der Waals surface area contributed by atoms with Crippen LogP contribution in [0.1, 0.15) is 37.9 Å². The Morgan fingerprint density at radius 2 is 2.25 bits per heavy atom. The molecule has 1 aromatic heterocycles. The van der Waals surface area contributed by atoms with Crippen LogP contribution in [0.3, 0.4) is 0 Å². The van der Waals surface area contributed by atoms with Crippen molar-refractivity contribution in [1.82, 2.24) is 14.5 Å². The van der Waals surface area contributed by atoms with Crippen molar-refractivity contribution in [2.24, 2.45) is 12.5 Å². The van der Waals surface area contributed by atoms with E-state index >= 15 is 0 Å². The van der Waals surface area contributed by atoms with E-state index in [0.717, 1.165) is 13.0 Å². The van der Waals surface area contributed by atoms with Crippen molar-refractivity contribution in [3.05, 3.63) is 18.2 Å². The van der Waals surface area contributed by atoms with Gasteiger partial charge in [-0.2, -0.15) is 0 Å². The molecule has 1 aliphatic carbocycles. The second kappa shape index (κ2) is 5.86. The Morgan fingerprint density at radius 1 is 1.40 bits per heavy atom. The lowest BCUT2D eigenvalue weighted by Crippen LogP contribution is -2.48. The summed E-state index contributed by atoms with van der Waals surface area (Å²) in [7, 11) is 3.97. The highest BCUT2D eigenvalue weighted by atomic mass is 16.5. The van der Waals surface area contributed by atoms with Crippen LogP contribution in [-0.2, 0) is 18.2 Å². The van der Waals surface area contributed by atoms with Crippen LogP contribution in [0, 0.1) is 5.41 Å². The quantitative estimate of drug-likeness (QED) is 0.845. The van der Waals surface area contributed by atoms with Gasteiger partial charge < -0.3 is 14.2 Å². The van der Waals surface area contributed by atoms with Gasteiger partial charge in [-0.3, -0.25) is 0 Å². The van der Waals surface area contributed by atoms with Gasteiger partial charge in [0.2, 0.25) is 0 Å². The molecule has 112 valence electrons. The molecule has 1 saturated carbocycles. The van der Waals surface area contributed by atoms with Crippen molar-refractivity contribution in [2.75, 3.05) is 26.7 Å². The Hall–Kier alpha value is -0.870. The second-order valence-electron chi connectivity index (χ2n) is 6.56. The number of imidazole rings is 1. The summed E-state index contributed by atoms with van der Waals surface area (Å²) in [6, 6.07) is 0. The van der Waals surface area contributed by atoms with Gasteiger partial charge in [-0.1, -0.05) is 6.42 Å². The maximum atomic E-state index is 5.78. The molecule has 3 rings (SSSR count). The first-order valence-electron chi connectivity index (χ1n) is 7.95. The summed E-state index contributed by atoms with van der Waals surface area (Å²) < 4.78 is 7.91. The number of piperidine rings is 1. The number of aromatic nitrogens is 2. The molecule has 2 aliphatic rings. The van der Waals surface area contributed by atoms with Gasteiger partial charge >= 0.3 is 0 Å². The summed E-state index contributed by atoms with van der Waals surface area (Å²) in [5.74, 6) is 1.19. The van der Waals surface area contributed by atoms with Crippen LogP contribution in [0.5, 0.6) is 0 Å². The standard InChI is InChI=1S/C16H27N3O/c1-18-12-9-17-15(18)6-11-19-10-4-8-16(13-19)7-3-5-14(16)20-2/h9,12,14H,3-8,10-11,13H2,1-2H3/t14-,16+/m1/s1. The minimum absolute atomic E-state index is 0.439. The summed E-state index contributed by atoms with van der Waals surface area (Å²) in [5.41, 5.74) is 0.439. The van der Waals surface area contributed by atoms with Crippen molar-refractivity contribution < 1.29 is 4.74 Å². The number of hydrogen-bond acceptors (Lipinski definition) is 3. The molecular formula is C16H27N3O. The van der Waals surface area contributed by atoms with Crippen LogP contribution >= 0.6 is 0 Å². The van der Waals surface area contributed by atoms with Crippen LogP contribution in [0.4, 0.5) is 0 Å². The number of ether oxygens (including phenoxy) is 1. The molecule has 0 aromatic carbocycles. The van der Waals surface area contributed by atoms with Gasteiger partial charge in [0.25, 0.3) is 0 Å². The van der Waals surface area contributed by atoms with E-state index < -0.39 is 0 Å². The summed E-state index contributed by atoms with van der Waals surface area (Å²) in [6.45, 7) is 3.58. The van der Waals surface area contributed by atoms with Crippen LogP contribution in [0.2, 0.25) is 0 Å². The number of rotatable bonds is 4. The molecule has 0 unspecified atom stereocenters. The third-order valence-corrected chi connectivity index (χ3v) is 5.37. The monoisotopic (exact) mass is 277 g/mol. The molecule has 4 nitrogen and oxygen atoms in total. The third kappa shape index (κ3) is 2.63. The fourth-order valence-corrected chi connectivity index (χ4v) is 4.29. The summed E-state index contributed by atoms with van der Waals surface area (Å²) in [4.78, 5) is 7.07. The number of methoxy groups -OCH3 is 1. The normalized spacial score (nSPS) is 31.2. The zero-order chi connectivity index (χ0) is 14.0. The van der Waals surface area contributed by atoms with E-state index in [1.54, 1.807) is 0 Å². The molecule has 1 spiro atoms. The largest absolute Gasteiger partial charge is 0.381 e. The minimum Gasteiger partial charge on any atom is -0.381 e. The van der Waals surface area contributed by atoms with Gasteiger partial charge in [-0.05, 0) is 32.2 Å². The first-order chi connectivity index (χ1) is 9.73. The predicted molar refractivity (Wildman–Crippen MR) is 79.7 cm³/mol. The molecule has 2 atom stereocenters. The lowest BCUT2D eigenvalue weighted by atomic mass is 9.76. The highest BCUT2D eigenvalue weighted by Crippen LogP contribution is 2.46. The summed E-state index contributed by atoms with van der Waals surface area (Å²) >= 11 is 0. The fraction of sp³-hybridized carbons (Fsp3) is 0.812. The van der Waals surface area contributed by atoms with Gasteiger partial charge in [-0.25, -0.2) is 4.98 Å². The SMILES string of the molecule is CO[C@@H]1CCC[C@@]12CCCN(CCc1nccn1C)C2. The Labute approximate surface area is 122 Å². The average molecular weight is 277 g/mol. The van der Waals surface area contributed by atoms with E-state index in [0.29, 0.717) is 11.5 Å². The van der Waals surface area contributed by atoms with Gasteiger partial charge in [-0.15, -0.1) is 0 Å². The first-order valence-corrected chi connectivity index (χ1v) is 7.95. The van der Waals surface area contributed by atoms with Crippen LogP contribution in [0.25, 0.3) is 0 Å². The number of hydrogen-bond donors (Lipinski definition) is 0. The Balaban J connectivity index is 1.59. The molecule has 2 heterocycles. The van der Waals surface area contributed by atoms with Crippen molar-refractivity contribution in [1.29, 1.82) is 0 Å². The minimum atomic E-state index is 0.439. The molecule has 0 amide bonds. The molecule has 1 aliphatic heterocycles. The maximum Gasteiger partial charge on any atom is 0.109 e. The van der Waals surface area contributed by atoms with E-state index in [2.05, 4.69) is 21.5 Å². The number of nitrogens with zero attached hydrogens (tertiary/aromatic N) is 3. The molecule has 0 radical (unpaired) electrons. The van der Waals surface area contributed by atoms with Gasteiger partial charge in [0.15, 0.2) is 0 Å². The lowest BCUT2D eigenvalue weighted by Gasteiger charge is -2.43. The lowest BCUT2D eigenvalue weighted by molar-refractivity contribution is -0.0345. The van der Waals surface area contributed by atoms with Gasteiger partial charge in [0.05, 0.1) is 6.10 Å². The van der Waals surface area contributed by atoms with Gasteiger partial charge in [0.1, 0.15) is 5.82 Å². The molecule has 1 aromatic rings. The topological polar surface area (TPSA) is 30.3 Å². The van der Waals surface area contributed by atoms with E-state index in [4.69, 9.17) is 4.74 Å². The van der Waals surface area contributed by atoms with E-state index in [9.17, 15) is 0 Å². The molecule has 0 bridgehead atoms. The molecule has 4 heteroatoms.